The third kappa shape index (κ3) is 4.73. The van der Waals surface area contributed by atoms with Crippen LogP contribution in [0.15, 0.2) is 36.8 Å². The number of nitrogens with two attached hydrogens (primary N) is 1. The second-order valence-corrected chi connectivity index (χ2v) is 6.38. The van der Waals surface area contributed by atoms with Gasteiger partial charge < -0.3 is 15.8 Å². The Kier molecular flexibility index (Phi) is 5.56. The number of aryl methyl sites for hydroxylation is 2. The Bertz CT molecular complexity index is 972. The van der Waals surface area contributed by atoms with Crippen molar-refractivity contribution in [1.29, 1.82) is 0 Å². The first-order chi connectivity index (χ1) is 12.9. The smallest absolute Gasteiger partial charge is 0.237 e. The van der Waals surface area contributed by atoms with E-state index in [-0.39, 0.29) is 12.3 Å². The van der Waals surface area contributed by atoms with Crippen molar-refractivity contribution in [2.24, 2.45) is 5.73 Å². The van der Waals surface area contributed by atoms with E-state index in [4.69, 9.17) is 22.1 Å². The van der Waals surface area contributed by atoms with E-state index in [1.807, 2.05) is 31.3 Å². The zero-order valence-electron chi connectivity index (χ0n) is 14.9. The molecule has 1 aromatic carbocycles. The maximum Gasteiger partial charge on any atom is 0.237 e. The van der Waals surface area contributed by atoms with Gasteiger partial charge in [-0.05, 0) is 30.2 Å². The lowest BCUT2D eigenvalue weighted by molar-refractivity contribution is -0.118. The Morgan fingerprint density at radius 3 is 2.85 bits per heavy atom. The molecule has 0 unspecified atom stereocenters. The van der Waals surface area contributed by atoms with Crippen LogP contribution in [0.25, 0.3) is 11.1 Å². The second-order valence-electron chi connectivity index (χ2n) is 5.97. The molecule has 0 aliphatic rings. The van der Waals surface area contributed by atoms with E-state index in [1.165, 1.54) is 13.3 Å². The lowest BCUT2D eigenvalue weighted by Gasteiger charge is -2.09. The largest absolute Gasteiger partial charge is 0.480 e. The summed E-state index contributed by atoms with van der Waals surface area (Å²) in [5.74, 6) is 0.329. The summed E-state index contributed by atoms with van der Waals surface area (Å²) in [7, 11) is 1.50. The molecule has 9 heteroatoms. The van der Waals surface area contributed by atoms with Gasteiger partial charge in [-0.1, -0.05) is 17.7 Å². The number of aromatic nitrogens is 4. The van der Waals surface area contributed by atoms with Crippen LogP contribution >= 0.6 is 11.6 Å². The molecule has 0 aliphatic heterocycles. The maximum atomic E-state index is 10.9. The van der Waals surface area contributed by atoms with Gasteiger partial charge >= 0.3 is 0 Å². The lowest BCUT2D eigenvalue weighted by Crippen LogP contribution is -2.13. The highest BCUT2D eigenvalue weighted by molar-refractivity contribution is 6.31. The molecule has 0 fully saturated rings. The van der Waals surface area contributed by atoms with Gasteiger partial charge in [-0.3, -0.25) is 9.48 Å². The van der Waals surface area contributed by atoms with Crippen LogP contribution in [0.1, 0.15) is 12.0 Å². The Morgan fingerprint density at radius 1 is 1.30 bits per heavy atom. The van der Waals surface area contributed by atoms with Gasteiger partial charge in [0, 0.05) is 30.4 Å². The first-order valence-corrected chi connectivity index (χ1v) is 8.59. The van der Waals surface area contributed by atoms with E-state index < -0.39 is 0 Å². The molecular formula is C18H19ClN6O2. The van der Waals surface area contributed by atoms with E-state index in [0.29, 0.717) is 23.4 Å². The summed E-state index contributed by atoms with van der Waals surface area (Å²) in [6.07, 6.45) is 5.36. The highest BCUT2D eigenvalue weighted by atomic mass is 35.5. The molecule has 27 heavy (non-hydrogen) atoms. The van der Waals surface area contributed by atoms with Gasteiger partial charge in [0.25, 0.3) is 0 Å². The number of hydrogen-bond donors (Lipinski definition) is 2. The summed E-state index contributed by atoms with van der Waals surface area (Å²) in [6.45, 7) is 2.44. The number of hydrogen-bond acceptors (Lipinski definition) is 6. The molecule has 0 bridgehead atoms. The molecule has 0 saturated carbocycles. The number of rotatable bonds is 7. The van der Waals surface area contributed by atoms with Gasteiger partial charge in [0.15, 0.2) is 0 Å². The Morgan fingerprint density at radius 2 is 2.11 bits per heavy atom. The molecule has 0 radical (unpaired) electrons. The summed E-state index contributed by atoms with van der Waals surface area (Å²) in [5.41, 5.74) is 8.97. The SMILES string of the molecule is COc1nc(Nc2cc(C)cc(-c3cnn(CCC(N)=O)c3)c2)ncc1Cl. The van der Waals surface area contributed by atoms with Crippen LogP contribution < -0.4 is 15.8 Å². The number of nitrogens with zero attached hydrogens (tertiary/aromatic N) is 4. The lowest BCUT2D eigenvalue weighted by atomic mass is 10.1. The summed E-state index contributed by atoms with van der Waals surface area (Å²) in [4.78, 5) is 19.3. The van der Waals surface area contributed by atoms with Gasteiger partial charge in [-0.2, -0.15) is 10.1 Å². The Labute approximate surface area is 161 Å². The zero-order valence-corrected chi connectivity index (χ0v) is 15.7. The summed E-state index contributed by atoms with van der Waals surface area (Å²) >= 11 is 5.96. The van der Waals surface area contributed by atoms with E-state index in [9.17, 15) is 4.79 Å². The number of benzene rings is 1. The topological polar surface area (TPSA) is 108 Å². The van der Waals surface area contributed by atoms with Gasteiger partial charge in [0.05, 0.1) is 19.5 Å². The molecule has 0 spiro atoms. The zero-order chi connectivity index (χ0) is 19.4. The predicted octanol–water partition coefficient (Wildman–Crippen LogP) is 2.93. The number of amides is 1. The molecule has 140 valence electrons. The molecule has 3 rings (SSSR count). The Balaban J connectivity index is 1.83. The summed E-state index contributed by atoms with van der Waals surface area (Å²) < 4.78 is 6.81. The second kappa shape index (κ2) is 8.05. The number of anilines is 2. The van der Waals surface area contributed by atoms with Crippen LogP contribution in [0.5, 0.6) is 5.88 Å². The molecule has 2 aromatic heterocycles. The number of carbonyl (C=O) groups is 1. The molecule has 2 heterocycles. The van der Waals surface area contributed by atoms with Crippen LogP contribution in [0.4, 0.5) is 11.6 Å². The first-order valence-electron chi connectivity index (χ1n) is 8.21. The molecule has 3 aromatic rings. The van der Waals surface area contributed by atoms with Crippen molar-refractivity contribution in [3.05, 3.63) is 47.4 Å². The molecule has 0 atom stereocenters. The molecule has 8 nitrogen and oxygen atoms in total. The monoisotopic (exact) mass is 386 g/mol. The molecule has 1 amide bonds. The standard InChI is InChI=1S/C18H19ClN6O2/c1-11-5-12(13-8-22-25(10-13)4-3-16(20)26)7-14(6-11)23-18-21-9-15(19)17(24-18)27-2/h5-10H,3-4H2,1-2H3,(H2,20,26)(H,21,23,24). The van der Waals surface area contributed by atoms with Gasteiger partial charge in [-0.25, -0.2) is 4.98 Å². The van der Waals surface area contributed by atoms with Crippen molar-refractivity contribution in [1.82, 2.24) is 19.7 Å². The van der Waals surface area contributed by atoms with Crippen LogP contribution in [0, 0.1) is 6.92 Å². The van der Waals surface area contributed by atoms with Crippen molar-refractivity contribution in [2.75, 3.05) is 12.4 Å². The average molecular weight is 387 g/mol. The van der Waals surface area contributed by atoms with Crippen LogP contribution in [-0.4, -0.2) is 32.8 Å². The van der Waals surface area contributed by atoms with Gasteiger partial charge in [0.1, 0.15) is 5.02 Å². The third-order valence-electron chi connectivity index (χ3n) is 3.79. The maximum absolute atomic E-state index is 10.9. The summed E-state index contributed by atoms with van der Waals surface area (Å²) in [6, 6.07) is 5.99. The number of halogens is 1. The van der Waals surface area contributed by atoms with E-state index in [2.05, 4.69) is 20.4 Å². The van der Waals surface area contributed by atoms with Crippen molar-refractivity contribution >= 4 is 29.1 Å². The minimum Gasteiger partial charge on any atom is -0.480 e. The van der Waals surface area contributed by atoms with Crippen LogP contribution in [-0.2, 0) is 11.3 Å². The molecule has 3 N–H and O–H groups in total. The highest BCUT2D eigenvalue weighted by Crippen LogP contribution is 2.27. The fourth-order valence-electron chi connectivity index (χ4n) is 2.57. The quantitative estimate of drug-likeness (QED) is 0.646. The number of methoxy groups -OCH3 is 1. The fourth-order valence-corrected chi connectivity index (χ4v) is 2.73. The summed E-state index contributed by atoms with van der Waals surface area (Å²) in [5, 5.41) is 7.77. The number of nitrogens with one attached hydrogen (secondary N) is 1. The van der Waals surface area contributed by atoms with E-state index in [0.717, 1.165) is 22.4 Å². The fraction of sp³-hybridized carbons (Fsp3) is 0.222. The van der Waals surface area contributed by atoms with Crippen molar-refractivity contribution in [3.8, 4) is 17.0 Å². The normalized spacial score (nSPS) is 10.6. The van der Waals surface area contributed by atoms with Crippen molar-refractivity contribution in [3.63, 3.8) is 0 Å². The Hall–Kier alpha value is -3.13. The van der Waals surface area contributed by atoms with E-state index >= 15 is 0 Å². The number of ether oxygens (including phenoxy) is 1. The average Bonchev–Trinajstić information content (AvgIpc) is 3.10. The van der Waals surface area contributed by atoms with E-state index in [1.54, 1.807) is 10.9 Å². The minimum atomic E-state index is -0.354. The first kappa shape index (κ1) is 18.7. The van der Waals surface area contributed by atoms with Crippen molar-refractivity contribution in [2.45, 2.75) is 19.9 Å². The predicted molar refractivity (Wildman–Crippen MR) is 103 cm³/mol. The highest BCUT2D eigenvalue weighted by Gasteiger charge is 2.09. The number of carbonyl (C=O) groups excluding carboxylic acids is 1. The van der Waals surface area contributed by atoms with Crippen molar-refractivity contribution < 1.29 is 9.53 Å². The van der Waals surface area contributed by atoms with Gasteiger partial charge in [0.2, 0.25) is 17.7 Å². The van der Waals surface area contributed by atoms with Crippen LogP contribution in [0.2, 0.25) is 5.02 Å². The van der Waals surface area contributed by atoms with Crippen LogP contribution in [0.3, 0.4) is 0 Å². The molecular weight excluding hydrogens is 368 g/mol. The molecule has 0 saturated heterocycles. The number of primary amides is 1. The minimum absolute atomic E-state index is 0.248. The van der Waals surface area contributed by atoms with Gasteiger partial charge in [-0.15, -0.1) is 0 Å². The third-order valence-corrected chi connectivity index (χ3v) is 4.05. The molecule has 0 aliphatic carbocycles.